The molecule has 4 aliphatic carbocycles. The lowest BCUT2D eigenvalue weighted by Crippen LogP contribution is -2.58. The zero-order valence-corrected chi connectivity index (χ0v) is 14.3. The number of unbranched alkanes of at least 4 members (excludes halogenated alkanes) is 3. The van der Waals surface area contributed by atoms with Crippen LogP contribution in [0.4, 0.5) is 0 Å². The molecule has 1 nitrogen and oxygen atoms in total. The number of hydrogen-bond donors (Lipinski definition) is 1. The molecular formula is C20H35N. The third-order valence-corrected chi connectivity index (χ3v) is 6.89. The van der Waals surface area contributed by atoms with Crippen LogP contribution >= 0.6 is 0 Å². The monoisotopic (exact) mass is 289 g/mol. The Morgan fingerprint density at radius 3 is 2.43 bits per heavy atom. The van der Waals surface area contributed by atoms with Crippen LogP contribution < -0.4 is 5.32 Å². The highest BCUT2D eigenvalue weighted by Crippen LogP contribution is 2.66. The van der Waals surface area contributed by atoms with Crippen molar-refractivity contribution >= 4 is 0 Å². The Bertz CT molecular complexity index is 358. The average Bonchev–Trinajstić information content (AvgIpc) is 2.39. The molecule has 4 aliphatic rings. The molecule has 0 radical (unpaired) electrons. The largest absolute Gasteiger partial charge is 0.316 e. The summed E-state index contributed by atoms with van der Waals surface area (Å²) in [5.41, 5.74) is 1.33. The molecule has 4 saturated carbocycles. The molecule has 21 heavy (non-hydrogen) atoms. The van der Waals surface area contributed by atoms with E-state index in [1.165, 1.54) is 64.2 Å². The maximum absolute atomic E-state index is 3.83. The van der Waals surface area contributed by atoms with Gasteiger partial charge in [-0.1, -0.05) is 25.8 Å². The van der Waals surface area contributed by atoms with Crippen LogP contribution in [0, 0.1) is 22.7 Å². The Morgan fingerprint density at radius 2 is 1.86 bits per heavy atom. The third-order valence-electron chi connectivity index (χ3n) is 6.89. The summed E-state index contributed by atoms with van der Waals surface area (Å²) < 4.78 is 0. The van der Waals surface area contributed by atoms with E-state index in [0.29, 0.717) is 10.8 Å². The minimum atomic E-state index is 0.645. The second-order valence-corrected chi connectivity index (χ2v) is 8.90. The molecule has 4 fully saturated rings. The lowest BCUT2D eigenvalue weighted by atomic mass is 9.43. The van der Waals surface area contributed by atoms with Gasteiger partial charge >= 0.3 is 0 Å². The van der Waals surface area contributed by atoms with Crippen molar-refractivity contribution in [1.82, 2.24) is 5.32 Å². The Balaban J connectivity index is 1.61. The van der Waals surface area contributed by atoms with Crippen LogP contribution in [-0.2, 0) is 0 Å². The first-order chi connectivity index (χ1) is 10.1. The summed E-state index contributed by atoms with van der Waals surface area (Å²) in [6, 6.07) is 0.770. The summed E-state index contributed by atoms with van der Waals surface area (Å²) in [6.45, 7) is 6.43. The van der Waals surface area contributed by atoms with Crippen LogP contribution in [0.25, 0.3) is 0 Å². The molecule has 1 heteroatoms. The van der Waals surface area contributed by atoms with Gasteiger partial charge in [0, 0.05) is 6.04 Å². The van der Waals surface area contributed by atoms with E-state index < -0.39 is 0 Å². The van der Waals surface area contributed by atoms with Gasteiger partial charge < -0.3 is 5.32 Å². The summed E-state index contributed by atoms with van der Waals surface area (Å²) in [4.78, 5) is 0. The Kier molecular flexibility index (Phi) is 4.50. The Hall–Kier alpha value is -0.300. The second kappa shape index (κ2) is 6.07. The molecule has 0 saturated heterocycles. The second-order valence-electron chi connectivity index (χ2n) is 8.90. The minimum absolute atomic E-state index is 0.645. The van der Waals surface area contributed by atoms with Crippen LogP contribution in [0.1, 0.15) is 77.6 Å². The van der Waals surface area contributed by atoms with Gasteiger partial charge in [-0.2, -0.15) is 0 Å². The fraction of sp³-hybridized carbons (Fsp3) is 0.900. The first-order valence-electron chi connectivity index (χ1n) is 9.37. The summed E-state index contributed by atoms with van der Waals surface area (Å²) in [7, 11) is 2.22. The molecule has 1 N–H and O–H groups in total. The minimum Gasteiger partial charge on any atom is -0.316 e. The van der Waals surface area contributed by atoms with Gasteiger partial charge in [0.05, 0.1) is 0 Å². The molecular weight excluding hydrogens is 254 g/mol. The maximum Gasteiger partial charge on any atom is 0.0121 e. The smallest absolute Gasteiger partial charge is 0.0121 e. The Labute approximate surface area is 132 Å². The van der Waals surface area contributed by atoms with E-state index in [0.717, 1.165) is 17.9 Å². The molecule has 3 unspecified atom stereocenters. The van der Waals surface area contributed by atoms with Gasteiger partial charge in [0.2, 0.25) is 0 Å². The van der Waals surface area contributed by atoms with E-state index in [1.54, 1.807) is 6.42 Å². The fourth-order valence-electron chi connectivity index (χ4n) is 6.78. The van der Waals surface area contributed by atoms with Crippen LogP contribution in [0.15, 0.2) is 12.7 Å². The van der Waals surface area contributed by atoms with Crippen molar-refractivity contribution in [1.29, 1.82) is 0 Å². The highest BCUT2D eigenvalue weighted by Gasteiger charge is 2.57. The van der Waals surface area contributed by atoms with Crippen molar-refractivity contribution in [3.63, 3.8) is 0 Å². The molecule has 4 rings (SSSR count). The summed E-state index contributed by atoms with van der Waals surface area (Å²) in [5, 5.41) is 3.75. The molecule has 0 heterocycles. The van der Waals surface area contributed by atoms with Gasteiger partial charge in [-0.3, -0.25) is 0 Å². The van der Waals surface area contributed by atoms with Crippen LogP contribution in [-0.4, -0.2) is 13.1 Å². The summed E-state index contributed by atoms with van der Waals surface area (Å²) in [5.74, 6) is 2.10. The molecule has 0 amide bonds. The maximum atomic E-state index is 3.83. The van der Waals surface area contributed by atoms with Gasteiger partial charge in [0.1, 0.15) is 0 Å². The molecule has 4 bridgehead atoms. The van der Waals surface area contributed by atoms with Crippen molar-refractivity contribution < 1.29 is 0 Å². The molecule has 0 aliphatic heterocycles. The van der Waals surface area contributed by atoms with E-state index in [1.807, 2.05) is 0 Å². The van der Waals surface area contributed by atoms with Crippen molar-refractivity contribution in [3.8, 4) is 0 Å². The van der Waals surface area contributed by atoms with E-state index in [9.17, 15) is 0 Å². The third kappa shape index (κ3) is 3.09. The quantitative estimate of drug-likeness (QED) is 0.471. The van der Waals surface area contributed by atoms with Crippen molar-refractivity contribution in [2.75, 3.05) is 7.05 Å². The average molecular weight is 290 g/mol. The van der Waals surface area contributed by atoms with Gasteiger partial charge in [-0.15, -0.1) is 6.58 Å². The number of hydrogen-bond acceptors (Lipinski definition) is 1. The number of nitrogens with one attached hydrogen (secondary N) is 1. The molecule has 0 aromatic rings. The van der Waals surface area contributed by atoms with E-state index in [4.69, 9.17) is 0 Å². The first-order valence-corrected chi connectivity index (χ1v) is 9.37. The van der Waals surface area contributed by atoms with Gasteiger partial charge in [0.25, 0.3) is 0 Å². The highest BCUT2D eigenvalue weighted by atomic mass is 14.9. The molecule has 0 aromatic carbocycles. The van der Waals surface area contributed by atoms with Gasteiger partial charge in [0.15, 0.2) is 0 Å². The predicted octanol–water partition coefficient (Wildman–Crippen LogP) is 5.32. The molecule has 0 aromatic heterocycles. The Morgan fingerprint density at radius 1 is 1.14 bits per heavy atom. The zero-order valence-electron chi connectivity index (χ0n) is 14.3. The zero-order chi connectivity index (χ0) is 14.9. The molecule has 0 spiro atoms. The molecule has 120 valence electrons. The topological polar surface area (TPSA) is 12.0 Å². The number of rotatable bonds is 8. The lowest BCUT2D eigenvalue weighted by Gasteiger charge is -2.63. The summed E-state index contributed by atoms with van der Waals surface area (Å²) in [6.07, 6.45) is 17.9. The van der Waals surface area contributed by atoms with Gasteiger partial charge in [-0.05, 0) is 87.5 Å². The first kappa shape index (κ1) is 15.6. The van der Waals surface area contributed by atoms with Crippen molar-refractivity contribution in [3.05, 3.63) is 12.7 Å². The van der Waals surface area contributed by atoms with Gasteiger partial charge in [-0.25, -0.2) is 0 Å². The normalized spacial score (nSPS) is 42.2. The van der Waals surface area contributed by atoms with E-state index in [-0.39, 0.29) is 0 Å². The number of allylic oxidation sites excluding steroid dienone is 1. The van der Waals surface area contributed by atoms with E-state index in [2.05, 4.69) is 31.9 Å². The highest BCUT2D eigenvalue weighted by molar-refractivity contribution is 5.09. The van der Waals surface area contributed by atoms with Crippen LogP contribution in [0.3, 0.4) is 0 Å². The molecule has 3 atom stereocenters. The fourth-order valence-corrected chi connectivity index (χ4v) is 6.78. The standard InChI is InChI=1S/C20H35N/c1-4-5-6-7-8-9-18(21-3)20-13-16-10-17(14-20)12-19(2,11-16)15-20/h4,16-18,21H,1,5-15H2,2-3H3. The van der Waals surface area contributed by atoms with Crippen molar-refractivity contribution in [2.24, 2.45) is 22.7 Å². The SMILES string of the molecule is C=CCCCCCC(NC)C12CC3CC(CC(C)(C3)C1)C2. The predicted molar refractivity (Wildman–Crippen MR) is 91.4 cm³/mol. The lowest BCUT2D eigenvalue weighted by molar-refractivity contribution is -0.118. The van der Waals surface area contributed by atoms with E-state index >= 15 is 0 Å². The van der Waals surface area contributed by atoms with Crippen LogP contribution in [0.5, 0.6) is 0 Å². The van der Waals surface area contributed by atoms with Crippen molar-refractivity contribution in [2.45, 2.75) is 83.6 Å². The summed E-state index contributed by atoms with van der Waals surface area (Å²) >= 11 is 0. The van der Waals surface area contributed by atoms with Crippen LogP contribution in [0.2, 0.25) is 0 Å².